The first-order valence-electron chi connectivity index (χ1n) is 5.78. The van der Waals surface area contributed by atoms with Crippen molar-refractivity contribution in [1.82, 2.24) is 15.5 Å². The molecule has 0 spiro atoms. The van der Waals surface area contributed by atoms with E-state index in [0.29, 0.717) is 23.7 Å². The molecule has 2 aromatic rings. The lowest BCUT2D eigenvalue weighted by atomic mass is 10.2. The number of rotatable bonds is 5. The lowest BCUT2D eigenvalue weighted by Gasteiger charge is -2.07. The fourth-order valence-corrected chi connectivity index (χ4v) is 1.71. The van der Waals surface area contributed by atoms with E-state index >= 15 is 0 Å². The first-order chi connectivity index (χ1) is 9.19. The van der Waals surface area contributed by atoms with Gasteiger partial charge in [-0.1, -0.05) is 16.8 Å². The third-order valence-corrected chi connectivity index (χ3v) is 2.52. The lowest BCUT2D eigenvalue weighted by molar-refractivity contribution is 0.0947. The van der Waals surface area contributed by atoms with E-state index < -0.39 is 0 Å². The Morgan fingerprint density at radius 2 is 2.32 bits per heavy atom. The van der Waals surface area contributed by atoms with Gasteiger partial charge in [0.05, 0.1) is 12.7 Å². The molecule has 0 aliphatic heterocycles. The molecule has 0 fully saturated rings. The van der Waals surface area contributed by atoms with Gasteiger partial charge < -0.3 is 15.2 Å². The molecule has 0 saturated heterocycles. The monoisotopic (exact) mass is 280 g/mol. The Balaban J connectivity index is 2.05. The summed E-state index contributed by atoms with van der Waals surface area (Å²) in [6, 6.07) is 4.84. The number of aromatic nitrogens is 2. The average Bonchev–Trinajstić information content (AvgIpc) is 2.88. The van der Waals surface area contributed by atoms with E-state index in [1.54, 1.807) is 12.1 Å². The second-order valence-corrected chi connectivity index (χ2v) is 4.14. The summed E-state index contributed by atoms with van der Waals surface area (Å²) in [5.74, 6) is 0.903. The average molecular weight is 281 g/mol. The van der Waals surface area contributed by atoms with E-state index in [4.69, 9.17) is 16.1 Å². The van der Waals surface area contributed by atoms with Crippen LogP contribution in [0.1, 0.15) is 23.0 Å². The number of amides is 1. The predicted molar refractivity (Wildman–Crippen MR) is 71.1 cm³/mol. The Kier molecular flexibility index (Phi) is 4.35. The maximum absolute atomic E-state index is 12.0. The van der Waals surface area contributed by atoms with Crippen molar-refractivity contribution in [3.63, 3.8) is 0 Å². The van der Waals surface area contributed by atoms with Crippen LogP contribution < -0.4 is 10.6 Å². The highest BCUT2D eigenvalue weighted by Crippen LogP contribution is 2.14. The Labute approximate surface area is 115 Å². The molecule has 7 heteroatoms. The Morgan fingerprint density at radius 1 is 1.47 bits per heavy atom. The van der Waals surface area contributed by atoms with Gasteiger partial charge in [0.15, 0.2) is 5.76 Å². The van der Waals surface area contributed by atoms with Crippen molar-refractivity contribution in [3.05, 3.63) is 40.9 Å². The Morgan fingerprint density at radius 3 is 3.00 bits per heavy atom. The molecule has 6 nitrogen and oxygen atoms in total. The smallest absolute Gasteiger partial charge is 0.251 e. The van der Waals surface area contributed by atoms with Gasteiger partial charge in [0.25, 0.3) is 5.91 Å². The normalized spacial score (nSPS) is 10.2. The summed E-state index contributed by atoms with van der Waals surface area (Å²) in [6.45, 7) is 2.91. The van der Waals surface area contributed by atoms with Crippen molar-refractivity contribution in [3.8, 4) is 0 Å². The van der Waals surface area contributed by atoms with Crippen LogP contribution in [0.2, 0.25) is 5.15 Å². The second kappa shape index (κ2) is 6.19. The van der Waals surface area contributed by atoms with Gasteiger partial charge in [0.2, 0.25) is 0 Å². The fraction of sp³-hybridized carbons (Fsp3) is 0.250. The topological polar surface area (TPSA) is 80.0 Å². The first kappa shape index (κ1) is 13.4. The molecule has 0 aliphatic rings. The van der Waals surface area contributed by atoms with E-state index in [9.17, 15) is 4.79 Å². The molecular formula is C12H13ClN4O2. The van der Waals surface area contributed by atoms with Crippen LogP contribution in [0.25, 0.3) is 0 Å². The minimum Gasteiger partial charge on any atom is -0.370 e. The Hall–Kier alpha value is -2.08. The van der Waals surface area contributed by atoms with Crippen molar-refractivity contribution in [2.24, 2.45) is 0 Å². The van der Waals surface area contributed by atoms with Crippen LogP contribution in [0.15, 0.2) is 28.9 Å². The summed E-state index contributed by atoms with van der Waals surface area (Å²) in [7, 11) is 0. The van der Waals surface area contributed by atoms with Crippen LogP contribution >= 0.6 is 11.6 Å². The number of carbonyl (C=O) groups excluding carboxylic acids is 1. The number of carbonyl (C=O) groups is 1. The van der Waals surface area contributed by atoms with Gasteiger partial charge in [-0.25, -0.2) is 4.98 Å². The molecule has 2 N–H and O–H groups in total. The van der Waals surface area contributed by atoms with Gasteiger partial charge in [-0.3, -0.25) is 4.79 Å². The molecule has 100 valence electrons. The number of hydrogen-bond acceptors (Lipinski definition) is 5. The van der Waals surface area contributed by atoms with Gasteiger partial charge in [-0.05, 0) is 19.1 Å². The number of hydrogen-bond donors (Lipinski definition) is 2. The largest absolute Gasteiger partial charge is 0.370 e. The van der Waals surface area contributed by atoms with Gasteiger partial charge in [-0.15, -0.1) is 0 Å². The van der Waals surface area contributed by atoms with Crippen LogP contribution in [0.3, 0.4) is 0 Å². The minimum atomic E-state index is -0.250. The van der Waals surface area contributed by atoms with Crippen molar-refractivity contribution in [2.75, 3.05) is 11.9 Å². The Bertz CT molecular complexity index is 557. The zero-order valence-corrected chi connectivity index (χ0v) is 11.1. The van der Waals surface area contributed by atoms with Crippen molar-refractivity contribution < 1.29 is 9.32 Å². The molecular weight excluding hydrogens is 268 g/mol. The van der Waals surface area contributed by atoms with Crippen LogP contribution in [0.5, 0.6) is 0 Å². The van der Waals surface area contributed by atoms with E-state index in [0.717, 1.165) is 0 Å². The van der Waals surface area contributed by atoms with Crippen molar-refractivity contribution in [2.45, 2.75) is 13.5 Å². The van der Waals surface area contributed by atoms with Gasteiger partial charge >= 0.3 is 0 Å². The molecule has 0 saturated carbocycles. The zero-order chi connectivity index (χ0) is 13.7. The fourth-order valence-electron chi connectivity index (χ4n) is 1.50. The molecule has 19 heavy (non-hydrogen) atoms. The third kappa shape index (κ3) is 3.69. The molecule has 2 rings (SSSR count). The third-order valence-electron chi connectivity index (χ3n) is 2.33. The summed E-state index contributed by atoms with van der Waals surface area (Å²) >= 11 is 5.87. The number of nitrogens with one attached hydrogen (secondary N) is 2. The van der Waals surface area contributed by atoms with E-state index in [1.807, 2.05) is 6.92 Å². The molecule has 2 heterocycles. The van der Waals surface area contributed by atoms with Gasteiger partial charge in [0.1, 0.15) is 11.0 Å². The van der Waals surface area contributed by atoms with Crippen molar-refractivity contribution in [1.29, 1.82) is 0 Å². The maximum atomic E-state index is 12.0. The summed E-state index contributed by atoms with van der Waals surface area (Å²) < 4.78 is 4.89. The van der Waals surface area contributed by atoms with E-state index in [2.05, 4.69) is 20.8 Å². The number of anilines is 1. The second-order valence-electron chi connectivity index (χ2n) is 3.76. The van der Waals surface area contributed by atoms with E-state index in [-0.39, 0.29) is 17.6 Å². The van der Waals surface area contributed by atoms with Crippen LogP contribution in [0.4, 0.5) is 5.82 Å². The molecule has 0 radical (unpaired) electrons. The maximum Gasteiger partial charge on any atom is 0.251 e. The summed E-state index contributed by atoms with van der Waals surface area (Å²) in [5, 5.41) is 9.55. The lowest BCUT2D eigenvalue weighted by Crippen LogP contribution is -2.22. The predicted octanol–water partition coefficient (Wildman–Crippen LogP) is 2.08. The highest BCUT2D eigenvalue weighted by molar-refractivity contribution is 6.29. The molecule has 2 aromatic heterocycles. The summed E-state index contributed by atoms with van der Waals surface area (Å²) in [6.07, 6.45) is 1.52. The number of nitrogens with zero attached hydrogens (tertiary/aromatic N) is 2. The van der Waals surface area contributed by atoms with Gasteiger partial charge in [-0.2, -0.15) is 0 Å². The van der Waals surface area contributed by atoms with E-state index in [1.165, 1.54) is 12.3 Å². The zero-order valence-electron chi connectivity index (χ0n) is 10.3. The molecule has 0 aliphatic carbocycles. The molecule has 0 unspecified atom stereocenters. The minimum absolute atomic E-state index is 0.250. The SMILES string of the molecule is CCNc1cc(C(=O)NCc2ccno2)cc(Cl)n1. The van der Waals surface area contributed by atoms with Crippen LogP contribution in [-0.2, 0) is 6.54 Å². The van der Waals surface area contributed by atoms with Crippen LogP contribution in [0, 0.1) is 0 Å². The summed E-state index contributed by atoms with van der Waals surface area (Å²) in [4.78, 5) is 16.0. The number of halogens is 1. The number of pyridine rings is 1. The highest BCUT2D eigenvalue weighted by Gasteiger charge is 2.09. The standard InChI is InChI=1S/C12H13ClN4O2/c1-2-14-11-6-8(5-10(13)17-11)12(18)15-7-9-3-4-16-19-9/h3-6H,2,7H2,1H3,(H,14,17)(H,15,18). The van der Waals surface area contributed by atoms with Gasteiger partial charge in [0, 0.05) is 18.2 Å². The van der Waals surface area contributed by atoms with Crippen LogP contribution in [-0.4, -0.2) is 22.6 Å². The molecule has 0 bridgehead atoms. The highest BCUT2D eigenvalue weighted by atomic mass is 35.5. The summed E-state index contributed by atoms with van der Waals surface area (Å²) in [5.41, 5.74) is 0.440. The molecule has 1 amide bonds. The first-order valence-corrected chi connectivity index (χ1v) is 6.16. The molecule has 0 aromatic carbocycles. The van der Waals surface area contributed by atoms with Crippen molar-refractivity contribution >= 4 is 23.3 Å². The molecule has 0 atom stereocenters. The quantitative estimate of drug-likeness (QED) is 0.820.